The lowest BCUT2D eigenvalue weighted by molar-refractivity contribution is -0.136. The number of para-hydroxylation sites is 1. The molecule has 19 heavy (non-hydrogen) atoms. The number of amides is 1. The van der Waals surface area contributed by atoms with Crippen molar-refractivity contribution in [2.24, 2.45) is 0 Å². The molecule has 0 radical (unpaired) electrons. The molecule has 0 aliphatic carbocycles. The van der Waals surface area contributed by atoms with Crippen LogP contribution in [0.5, 0.6) is 0 Å². The summed E-state index contributed by atoms with van der Waals surface area (Å²) < 4.78 is 5.36. The molecule has 106 valence electrons. The molecule has 0 saturated heterocycles. The molecule has 1 N–H and O–H groups in total. The van der Waals surface area contributed by atoms with Gasteiger partial charge in [-0.15, -0.1) is 0 Å². The summed E-state index contributed by atoms with van der Waals surface area (Å²) in [6.07, 6.45) is 2.45. The van der Waals surface area contributed by atoms with E-state index in [1.165, 1.54) is 11.1 Å². The fourth-order valence-corrected chi connectivity index (χ4v) is 2.05. The van der Waals surface area contributed by atoms with Crippen LogP contribution in [0.1, 0.15) is 45.2 Å². The maximum absolute atomic E-state index is 12.4. The van der Waals surface area contributed by atoms with E-state index in [0.717, 1.165) is 18.5 Å². The highest BCUT2D eigenvalue weighted by atomic mass is 16.5. The van der Waals surface area contributed by atoms with E-state index in [1.807, 2.05) is 19.9 Å². The second-order valence-electron chi connectivity index (χ2n) is 4.90. The van der Waals surface area contributed by atoms with Gasteiger partial charge in [0.15, 0.2) is 0 Å². The van der Waals surface area contributed by atoms with E-state index < -0.39 is 5.60 Å². The van der Waals surface area contributed by atoms with Crippen LogP contribution in [-0.2, 0) is 22.4 Å². The van der Waals surface area contributed by atoms with Crippen LogP contribution in [0, 0.1) is 0 Å². The average Bonchev–Trinajstić information content (AvgIpc) is 2.46. The normalized spacial score (nSPS) is 13.9. The Bertz CT molecular complexity index is 414. The maximum atomic E-state index is 12.4. The lowest BCUT2D eigenvalue weighted by Crippen LogP contribution is -2.41. The topological polar surface area (TPSA) is 38.3 Å². The van der Waals surface area contributed by atoms with Crippen molar-refractivity contribution in [2.45, 2.75) is 52.6 Å². The van der Waals surface area contributed by atoms with Crippen LogP contribution >= 0.6 is 0 Å². The molecule has 3 nitrogen and oxygen atoms in total. The van der Waals surface area contributed by atoms with Crippen LogP contribution in [0.2, 0.25) is 0 Å². The molecular weight excluding hydrogens is 238 g/mol. The van der Waals surface area contributed by atoms with E-state index in [-0.39, 0.29) is 5.91 Å². The van der Waals surface area contributed by atoms with E-state index in [4.69, 9.17) is 4.74 Å². The van der Waals surface area contributed by atoms with Gasteiger partial charge >= 0.3 is 0 Å². The van der Waals surface area contributed by atoms with Crippen molar-refractivity contribution in [2.75, 3.05) is 12.4 Å². The minimum Gasteiger partial charge on any atom is -0.369 e. The van der Waals surface area contributed by atoms with Gasteiger partial charge < -0.3 is 10.1 Å². The SMILES string of the molecule is CCc1cccc(CC)c1NC(=O)C(C)(CC)OC. The van der Waals surface area contributed by atoms with Gasteiger partial charge in [-0.3, -0.25) is 4.79 Å². The number of benzene rings is 1. The molecule has 1 aromatic carbocycles. The number of ether oxygens (including phenoxy) is 1. The summed E-state index contributed by atoms with van der Waals surface area (Å²) in [6, 6.07) is 6.17. The molecule has 0 saturated carbocycles. The van der Waals surface area contributed by atoms with E-state index >= 15 is 0 Å². The van der Waals surface area contributed by atoms with Gasteiger partial charge in [0.25, 0.3) is 5.91 Å². The first kappa shape index (κ1) is 15.7. The Kier molecular flexibility index (Phi) is 5.55. The first-order chi connectivity index (χ1) is 9.02. The summed E-state index contributed by atoms with van der Waals surface area (Å²) in [5, 5.41) is 3.06. The largest absolute Gasteiger partial charge is 0.369 e. The van der Waals surface area contributed by atoms with Crippen molar-refractivity contribution in [3.8, 4) is 0 Å². The minimum absolute atomic E-state index is 0.0758. The van der Waals surface area contributed by atoms with Crippen molar-refractivity contribution < 1.29 is 9.53 Å². The van der Waals surface area contributed by atoms with Crippen molar-refractivity contribution in [1.29, 1.82) is 0 Å². The number of nitrogens with one attached hydrogen (secondary N) is 1. The third kappa shape index (κ3) is 3.35. The Morgan fingerprint density at radius 2 is 1.74 bits per heavy atom. The highest BCUT2D eigenvalue weighted by Gasteiger charge is 2.31. The quantitative estimate of drug-likeness (QED) is 0.852. The number of hydrogen-bond acceptors (Lipinski definition) is 2. The van der Waals surface area contributed by atoms with Crippen molar-refractivity contribution in [3.63, 3.8) is 0 Å². The molecule has 1 unspecified atom stereocenters. The van der Waals surface area contributed by atoms with Crippen molar-refractivity contribution in [1.82, 2.24) is 0 Å². The molecule has 0 spiro atoms. The second kappa shape index (κ2) is 6.71. The van der Waals surface area contributed by atoms with Gasteiger partial charge in [-0.2, -0.15) is 0 Å². The van der Waals surface area contributed by atoms with E-state index in [1.54, 1.807) is 7.11 Å². The van der Waals surface area contributed by atoms with Gasteiger partial charge in [0, 0.05) is 12.8 Å². The fourth-order valence-electron chi connectivity index (χ4n) is 2.05. The molecule has 1 amide bonds. The molecule has 1 atom stereocenters. The van der Waals surface area contributed by atoms with Crippen LogP contribution in [0.15, 0.2) is 18.2 Å². The molecular formula is C16H25NO2. The minimum atomic E-state index is -0.772. The third-order valence-electron chi connectivity index (χ3n) is 3.84. The average molecular weight is 263 g/mol. The lowest BCUT2D eigenvalue weighted by Gasteiger charge is -2.26. The Balaban J connectivity index is 3.08. The number of anilines is 1. The van der Waals surface area contributed by atoms with Crippen LogP contribution in [0.3, 0.4) is 0 Å². The highest BCUT2D eigenvalue weighted by molar-refractivity contribution is 5.98. The number of aryl methyl sites for hydroxylation is 2. The Labute approximate surface area is 116 Å². The molecule has 0 aliphatic rings. The van der Waals surface area contributed by atoms with Gasteiger partial charge in [-0.25, -0.2) is 0 Å². The molecule has 1 rings (SSSR count). The van der Waals surface area contributed by atoms with Crippen LogP contribution in [-0.4, -0.2) is 18.6 Å². The maximum Gasteiger partial charge on any atom is 0.256 e. The second-order valence-corrected chi connectivity index (χ2v) is 4.90. The first-order valence-electron chi connectivity index (χ1n) is 6.99. The first-order valence-corrected chi connectivity index (χ1v) is 6.99. The number of methoxy groups -OCH3 is 1. The zero-order valence-corrected chi connectivity index (χ0v) is 12.7. The molecule has 0 fully saturated rings. The Morgan fingerprint density at radius 3 is 2.11 bits per heavy atom. The van der Waals surface area contributed by atoms with Gasteiger partial charge in [-0.1, -0.05) is 39.0 Å². The Morgan fingerprint density at radius 1 is 1.21 bits per heavy atom. The van der Waals surface area contributed by atoms with Crippen molar-refractivity contribution in [3.05, 3.63) is 29.3 Å². The molecule has 1 aromatic rings. The molecule has 0 aliphatic heterocycles. The summed E-state index contributed by atoms with van der Waals surface area (Å²) >= 11 is 0. The smallest absolute Gasteiger partial charge is 0.256 e. The molecule has 3 heteroatoms. The van der Waals surface area contributed by atoms with Crippen LogP contribution in [0.25, 0.3) is 0 Å². The lowest BCUT2D eigenvalue weighted by atomic mass is 9.99. The van der Waals surface area contributed by atoms with E-state index in [0.29, 0.717) is 6.42 Å². The predicted octanol–water partition coefficient (Wildman–Crippen LogP) is 3.57. The molecule has 0 bridgehead atoms. The number of carbonyl (C=O) groups is 1. The van der Waals surface area contributed by atoms with Crippen LogP contribution < -0.4 is 5.32 Å². The summed E-state index contributed by atoms with van der Waals surface area (Å²) in [4.78, 5) is 12.4. The fraction of sp³-hybridized carbons (Fsp3) is 0.562. The van der Waals surface area contributed by atoms with Crippen molar-refractivity contribution >= 4 is 11.6 Å². The zero-order chi connectivity index (χ0) is 14.5. The van der Waals surface area contributed by atoms with Gasteiger partial charge in [0.2, 0.25) is 0 Å². The Hall–Kier alpha value is -1.35. The van der Waals surface area contributed by atoms with Gasteiger partial charge in [0.05, 0.1) is 0 Å². The monoisotopic (exact) mass is 263 g/mol. The number of hydrogen-bond donors (Lipinski definition) is 1. The van der Waals surface area contributed by atoms with E-state index in [2.05, 4.69) is 31.3 Å². The predicted molar refractivity (Wildman–Crippen MR) is 79.5 cm³/mol. The number of carbonyl (C=O) groups excluding carboxylic acids is 1. The van der Waals surface area contributed by atoms with Gasteiger partial charge in [0.1, 0.15) is 5.60 Å². The van der Waals surface area contributed by atoms with Crippen LogP contribution in [0.4, 0.5) is 5.69 Å². The van der Waals surface area contributed by atoms with E-state index in [9.17, 15) is 4.79 Å². The summed E-state index contributed by atoms with van der Waals surface area (Å²) in [6.45, 7) is 7.97. The standard InChI is InChI=1S/C16H25NO2/c1-6-12-10-9-11-13(7-2)14(12)17-15(18)16(4,8-3)19-5/h9-11H,6-8H2,1-5H3,(H,17,18). The molecule has 0 aromatic heterocycles. The van der Waals surface area contributed by atoms with Gasteiger partial charge in [-0.05, 0) is 37.3 Å². The third-order valence-corrected chi connectivity index (χ3v) is 3.84. The zero-order valence-electron chi connectivity index (χ0n) is 12.7. The summed E-state index contributed by atoms with van der Waals surface area (Å²) in [7, 11) is 1.58. The molecule has 0 heterocycles. The summed E-state index contributed by atoms with van der Waals surface area (Å²) in [5.41, 5.74) is 2.52. The summed E-state index contributed by atoms with van der Waals surface area (Å²) in [5.74, 6) is -0.0758. The number of rotatable bonds is 6. The highest BCUT2D eigenvalue weighted by Crippen LogP contribution is 2.25.